The van der Waals surface area contributed by atoms with E-state index in [4.69, 9.17) is 0 Å². The van der Waals surface area contributed by atoms with Crippen LogP contribution in [0.2, 0.25) is 0 Å². The summed E-state index contributed by atoms with van der Waals surface area (Å²) in [4.78, 5) is 13.5. The monoisotopic (exact) mass is 409 g/mol. The fourth-order valence-electron chi connectivity index (χ4n) is 3.96. The number of fused-ring (bicyclic) bond motifs is 2. The number of hydrogen-bond donors (Lipinski definition) is 3. The van der Waals surface area contributed by atoms with Crippen molar-refractivity contribution in [2.24, 2.45) is 0 Å². The van der Waals surface area contributed by atoms with Gasteiger partial charge in [-0.15, -0.1) is 0 Å². The summed E-state index contributed by atoms with van der Waals surface area (Å²) in [7, 11) is 0. The molecule has 8 heteroatoms. The highest BCUT2D eigenvalue weighted by molar-refractivity contribution is 7.22. The van der Waals surface area contributed by atoms with Gasteiger partial charge in [-0.3, -0.25) is 0 Å². The second-order valence-corrected chi connectivity index (χ2v) is 8.67. The SMILES string of the molecule is OCc1cnc2c(c1)ncn2Cc1ccc2nc(NC3CCCCC3O)sc2c1. The molecule has 29 heavy (non-hydrogen) atoms. The molecule has 3 heterocycles. The van der Waals surface area contributed by atoms with Crippen LogP contribution in [0.25, 0.3) is 21.4 Å². The van der Waals surface area contributed by atoms with Gasteiger partial charge in [0.25, 0.3) is 0 Å². The smallest absolute Gasteiger partial charge is 0.184 e. The number of imidazole rings is 1. The van der Waals surface area contributed by atoms with Gasteiger partial charge < -0.3 is 20.1 Å². The summed E-state index contributed by atoms with van der Waals surface area (Å²) in [5, 5.41) is 23.8. The molecule has 150 valence electrons. The van der Waals surface area contributed by atoms with Crippen LogP contribution in [0.5, 0.6) is 0 Å². The number of hydrogen-bond acceptors (Lipinski definition) is 7. The lowest BCUT2D eigenvalue weighted by Gasteiger charge is -2.27. The molecule has 0 aliphatic heterocycles. The van der Waals surface area contributed by atoms with Crippen LogP contribution in [0.15, 0.2) is 36.8 Å². The Balaban J connectivity index is 1.37. The van der Waals surface area contributed by atoms with Crippen molar-refractivity contribution in [3.05, 3.63) is 47.9 Å². The van der Waals surface area contributed by atoms with Gasteiger partial charge in [-0.2, -0.15) is 0 Å². The number of benzene rings is 1. The molecular weight excluding hydrogens is 386 g/mol. The summed E-state index contributed by atoms with van der Waals surface area (Å²) < 4.78 is 3.13. The van der Waals surface area contributed by atoms with E-state index in [0.29, 0.717) is 6.54 Å². The number of thiazole rings is 1. The summed E-state index contributed by atoms with van der Waals surface area (Å²) in [6.07, 6.45) is 7.27. The molecule has 4 aromatic rings. The molecule has 7 nitrogen and oxygen atoms in total. The van der Waals surface area contributed by atoms with Gasteiger partial charge in [0.05, 0.1) is 41.8 Å². The van der Waals surface area contributed by atoms with E-state index in [0.717, 1.165) is 63.3 Å². The summed E-state index contributed by atoms with van der Waals surface area (Å²) in [5.74, 6) is 0. The third-order valence-corrected chi connectivity index (χ3v) is 6.49. The number of anilines is 1. The summed E-state index contributed by atoms with van der Waals surface area (Å²) in [6.45, 7) is 0.631. The first-order valence-electron chi connectivity index (χ1n) is 9.94. The van der Waals surface area contributed by atoms with E-state index >= 15 is 0 Å². The first kappa shape index (κ1) is 18.5. The Morgan fingerprint density at radius 2 is 2.00 bits per heavy atom. The first-order chi connectivity index (χ1) is 14.2. The number of pyridine rings is 1. The van der Waals surface area contributed by atoms with Crippen LogP contribution < -0.4 is 5.32 Å². The van der Waals surface area contributed by atoms with E-state index in [1.165, 1.54) is 0 Å². The van der Waals surface area contributed by atoms with E-state index in [2.05, 4.69) is 32.4 Å². The fraction of sp³-hybridized carbons (Fsp3) is 0.381. The zero-order valence-electron chi connectivity index (χ0n) is 16.0. The third-order valence-electron chi connectivity index (χ3n) is 5.54. The molecule has 1 fully saturated rings. The molecule has 2 atom stereocenters. The fourth-order valence-corrected chi connectivity index (χ4v) is 4.95. The van der Waals surface area contributed by atoms with Gasteiger partial charge in [-0.1, -0.05) is 30.2 Å². The molecule has 0 bridgehead atoms. The number of aliphatic hydroxyl groups is 2. The van der Waals surface area contributed by atoms with Crippen LogP contribution in [0.1, 0.15) is 36.8 Å². The van der Waals surface area contributed by atoms with Gasteiger partial charge in [0.15, 0.2) is 10.8 Å². The van der Waals surface area contributed by atoms with Gasteiger partial charge >= 0.3 is 0 Å². The molecule has 1 aromatic carbocycles. The number of nitrogens with one attached hydrogen (secondary N) is 1. The molecule has 0 radical (unpaired) electrons. The summed E-state index contributed by atoms with van der Waals surface area (Å²) >= 11 is 1.63. The maximum Gasteiger partial charge on any atom is 0.184 e. The molecule has 0 spiro atoms. The van der Waals surface area contributed by atoms with E-state index in [-0.39, 0.29) is 18.8 Å². The first-order valence-corrected chi connectivity index (χ1v) is 10.8. The van der Waals surface area contributed by atoms with Crippen LogP contribution in [0, 0.1) is 0 Å². The van der Waals surface area contributed by atoms with Crippen LogP contribution in [0.4, 0.5) is 5.13 Å². The molecule has 0 amide bonds. The van der Waals surface area contributed by atoms with Crippen molar-refractivity contribution in [3.8, 4) is 0 Å². The van der Waals surface area contributed by atoms with Crippen molar-refractivity contribution in [2.45, 2.75) is 51.0 Å². The standard InChI is InChI=1S/C21H23N5O2S/c27-11-14-7-17-20(22-9-14)26(12-23-17)10-13-5-6-16-19(8-13)29-21(25-16)24-15-3-1-2-4-18(15)28/h5-9,12,15,18,27-28H,1-4,10-11H2,(H,24,25). The Morgan fingerprint density at radius 1 is 1.10 bits per heavy atom. The lowest BCUT2D eigenvalue weighted by molar-refractivity contribution is 0.116. The summed E-state index contributed by atoms with van der Waals surface area (Å²) in [5.41, 5.74) is 4.47. The van der Waals surface area contributed by atoms with Gasteiger partial charge in [0.2, 0.25) is 0 Å². The quantitative estimate of drug-likeness (QED) is 0.468. The largest absolute Gasteiger partial charge is 0.392 e. The molecule has 5 rings (SSSR count). The lowest BCUT2D eigenvalue weighted by Crippen LogP contribution is -2.36. The second kappa shape index (κ2) is 7.70. The van der Waals surface area contributed by atoms with Gasteiger partial charge in [0, 0.05) is 6.20 Å². The number of nitrogens with zero attached hydrogens (tertiary/aromatic N) is 4. The number of rotatable bonds is 5. The average Bonchev–Trinajstić information content (AvgIpc) is 3.32. The molecule has 2 unspecified atom stereocenters. The highest BCUT2D eigenvalue weighted by Crippen LogP contribution is 2.30. The van der Waals surface area contributed by atoms with Crippen molar-refractivity contribution in [3.63, 3.8) is 0 Å². The van der Waals surface area contributed by atoms with Crippen LogP contribution >= 0.6 is 11.3 Å². The minimum absolute atomic E-state index is 0.0356. The molecular formula is C21H23N5O2S. The average molecular weight is 410 g/mol. The van der Waals surface area contributed by atoms with Crippen molar-refractivity contribution in [1.82, 2.24) is 19.5 Å². The Morgan fingerprint density at radius 3 is 2.86 bits per heavy atom. The van der Waals surface area contributed by atoms with Crippen LogP contribution in [0.3, 0.4) is 0 Å². The maximum absolute atomic E-state index is 10.2. The van der Waals surface area contributed by atoms with Gasteiger partial charge in [-0.05, 0) is 42.2 Å². The second-order valence-electron chi connectivity index (χ2n) is 7.64. The van der Waals surface area contributed by atoms with Crippen molar-refractivity contribution < 1.29 is 10.2 Å². The predicted octanol–water partition coefficient (Wildman–Crippen LogP) is 3.30. The number of aliphatic hydroxyl groups excluding tert-OH is 2. The van der Waals surface area contributed by atoms with Gasteiger partial charge in [-0.25, -0.2) is 15.0 Å². The van der Waals surface area contributed by atoms with Crippen LogP contribution in [-0.4, -0.2) is 41.9 Å². The van der Waals surface area contributed by atoms with Gasteiger partial charge in [0.1, 0.15) is 5.52 Å². The molecule has 1 aliphatic rings. The lowest BCUT2D eigenvalue weighted by atomic mass is 9.93. The molecule has 1 saturated carbocycles. The normalized spacial score (nSPS) is 19.8. The molecule has 3 N–H and O–H groups in total. The van der Waals surface area contributed by atoms with Crippen molar-refractivity contribution in [2.75, 3.05) is 5.32 Å². The zero-order valence-corrected chi connectivity index (χ0v) is 16.8. The van der Waals surface area contributed by atoms with E-state index in [1.807, 2.05) is 16.7 Å². The predicted molar refractivity (Wildman–Crippen MR) is 114 cm³/mol. The Labute approximate surface area is 172 Å². The maximum atomic E-state index is 10.2. The summed E-state index contributed by atoms with van der Waals surface area (Å²) in [6, 6.07) is 8.23. The zero-order chi connectivity index (χ0) is 19.8. The van der Waals surface area contributed by atoms with E-state index in [1.54, 1.807) is 23.9 Å². The molecule has 0 saturated heterocycles. The van der Waals surface area contributed by atoms with E-state index in [9.17, 15) is 10.2 Å². The van der Waals surface area contributed by atoms with Crippen molar-refractivity contribution in [1.29, 1.82) is 0 Å². The van der Waals surface area contributed by atoms with Crippen molar-refractivity contribution >= 4 is 37.8 Å². The highest BCUT2D eigenvalue weighted by atomic mass is 32.1. The molecule has 1 aliphatic carbocycles. The Bertz CT molecular complexity index is 1150. The third kappa shape index (κ3) is 3.71. The highest BCUT2D eigenvalue weighted by Gasteiger charge is 2.23. The Hall–Kier alpha value is -2.55. The number of aromatic nitrogens is 4. The van der Waals surface area contributed by atoms with E-state index < -0.39 is 0 Å². The topological polar surface area (TPSA) is 96.1 Å². The Kier molecular flexibility index (Phi) is 4.91. The molecule has 3 aromatic heterocycles. The minimum atomic E-state index is -0.292. The van der Waals surface area contributed by atoms with Crippen LogP contribution in [-0.2, 0) is 13.2 Å². The minimum Gasteiger partial charge on any atom is -0.392 e.